The molecule has 0 heterocycles. The van der Waals surface area contributed by atoms with Gasteiger partial charge in [0.1, 0.15) is 5.78 Å². The number of hydrogen-bond acceptors (Lipinski definition) is 2. The lowest BCUT2D eigenvalue weighted by molar-refractivity contribution is -0.123. The maximum Gasteiger partial charge on any atom is 0.217 e. The molecule has 3 heteroatoms. The first-order valence-electron chi connectivity index (χ1n) is 8.49. The summed E-state index contributed by atoms with van der Waals surface area (Å²) in [7, 11) is 0. The first-order chi connectivity index (χ1) is 11.6. The topological polar surface area (TPSA) is 46.2 Å². The molecule has 2 aromatic carbocycles. The standard InChI is InChI=1S/C21H23NO2/c1-14(16-8-4-3-5-9-16)20(24)13-18-12-17-10-6-7-11-19(17)21(18)22-15(2)23/h3-11,14,18,21H,12-13H2,1-2H3,(H,22,23)/t14-,18+,21+/m0/s1. The minimum Gasteiger partial charge on any atom is -0.349 e. The highest BCUT2D eigenvalue weighted by molar-refractivity contribution is 5.86. The highest BCUT2D eigenvalue weighted by atomic mass is 16.1. The van der Waals surface area contributed by atoms with E-state index >= 15 is 0 Å². The molecule has 0 bridgehead atoms. The van der Waals surface area contributed by atoms with E-state index in [1.807, 2.05) is 49.4 Å². The number of carbonyl (C=O) groups is 2. The second-order valence-electron chi connectivity index (χ2n) is 6.64. The van der Waals surface area contributed by atoms with Gasteiger partial charge in [0, 0.05) is 19.3 Å². The maximum absolute atomic E-state index is 12.8. The number of rotatable bonds is 5. The molecule has 3 atom stereocenters. The minimum absolute atomic E-state index is 0.0507. The van der Waals surface area contributed by atoms with E-state index in [2.05, 4.69) is 17.4 Å². The van der Waals surface area contributed by atoms with Crippen molar-refractivity contribution in [2.75, 3.05) is 0 Å². The number of ketones is 1. The zero-order valence-electron chi connectivity index (χ0n) is 14.2. The Labute approximate surface area is 143 Å². The number of nitrogens with one attached hydrogen (secondary N) is 1. The molecule has 3 rings (SSSR count). The molecule has 0 aromatic heterocycles. The van der Waals surface area contributed by atoms with Gasteiger partial charge in [-0.3, -0.25) is 9.59 Å². The Morgan fingerprint density at radius 3 is 2.46 bits per heavy atom. The Kier molecular flexibility index (Phi) is 4.79. The van der Waals surface area contributed by atoms with E-state index in [0.717, 1.165) is 17.5 Å². The van der Waals surface area contributed by atoms with Crippen molar-refractivity contribution in [2.45, 2.75) is 38.6 Å². The molecule has 0 unspecified atom stereocenters. The van der Waals surface area contributed by atoms with Gasteiger partial charge in [0.15, 0.2) is 0 Å². The number of fused-ring (bicyclic) bond motifs is 1. The fourth-order valence-corrected chi connectivity index (χ4v) is 3.65. The van der Waals surface area contributed by atoms with Gasteiger partial charge in [-0.25, -0.2) is 0 Å². The van der Waals surface area contributed by atoms with Gasteiger partial charge in [-0.15, -0.1) is 0 Å². The van der Waals surface area contributed by atoms with Gasteiger partial charge in [-0.1, -0.05) is 61.5 Å². The molecule has 0 aliphatic heterocycles. The lowest BCUT2D eigenvalue weighted by Crippen LogP contribution is -2.31. The third-order valence-corrected chi connectivity index (χ3v) is 4.95. The third-order valence-electron chi connectivity index (χ3n) is 4.95. The quantitative estimate of drug-likeness (QED) is 0.910. The monoisotopic (exact) mass is 321 g/mol. The zero-order chi connectivity index (χ0) is 17.1. The smallest absolute Gasteiger partial charge is 0.217 e. The van der Waals surface area contributed by atoms with Crippen LogP contribution in [0.2, 0.25) is 0 Å². The summed E-state index contributed by atoms with van der Waals surface area (Å²) in [5.74, 6) is 0.192. The molecule has 24 heavy (non-hydrogen) atoms. The normalized spacial score (nSPS) is 20.2. The molecule has 1 aliphatic carbocycles. The predicted molar refractivity (Wildman–Crippen MR) is 94.7 cm³/mol. The van der Waals surface area contributed by atoms with Crippen LogP contribution in [-0.2, 0) is 16.0 Å². The molecule has 0 fully saturated rings. The maximum atomic E-state index is 12.8. The average Bonchev–Trinajstić information content (AvgIpc) is 2.92. The molecule has 3 nitrogen and oxygen atoms in total. The summed E-state index contributed by atoms with van der Waals surface area (Å²) in [4.78, 5) is 24.4. The van der Waals surface area contributed by atoms with Gasteiger partial charge in [0.2, 0.25) is 5.91 Å². The van der Waals surface area contributed by atoms with Crippen LogP contribution in [0.25, 0.3) is 0 Å². The zero-order valence-corrected chi connectivity index (χ0v) is 14.2. The van der Waals surface area contributed by atoms with Crippen LogP contribution in [0, 0.1) is 5.92 Å². The summed E-state index contributed by atoms with van der Waals surface area (Å²) in [6.07, 6.45) is 1.32. The highest BCUT2D eigenvalue weighted by Crippen LogP contribution is 2.39. The Morgan fingerprint density at radius 1 is 1.08 bits per heavy atom. The number of benzene rings is 2. The third kappa shape index (κ3) is 3.40. The molecule has 1 amide bonds. The van der Waals surface area contributed by atoms with E-state index in [-0.39, 0.29) is 29.6 Å². The number of amides is 1. The summed E-state index contributed by atoms with van der Waals surface area (Å²) >= 11 is 0. The van der Waals surface area contributed by atoms with Crippen molar-refractivity contribution in [1.82, 2.24) is 5.32 Å². The van der Waals surface area contributed by atoms with E-state index in [1.54, 1.807) is 0 Å². The summed E-state index contributed by atoms with van der Waals surface area (Å²) in [5, 5.41) is 3.04. The van der Waals surface area contributed by atoms with E-state index in [0.29, 0.717) is 6.42 Å². The lowest BCUT2D eigenvalue weighted by atomic mass is 9.87. The number of Topliss-reactive ketones (excluding diaryl/α,β-unsaturated/α-hetero) is 1. The van der Waals surface area contributed by atoms with Gasteiger partial charge in [-0.05, 0) is 29.0 Å². The van der Waals surface area contributed by atoms with Crippen molar-refractivity contribution in [1.29, 1.82) is 0 Å². The van der Waals surface area contributed by atoms with Crippen molar-refractivity contribution in [3.63, 3.8) is 0 Å². The van der Waals surface area contributed by atoms with Crippen molar-refractivity contribution in [3.05, 3.63) is 71.3 Å². The van der Waals surface area contributed by atoms with Crippen molar-refractivity contribution in [2.24, 2.45) is 5.92 Å². The molecule has 0 spiro atoms. The average molecular weight is 321 g/mol. The first kappa shape index (κ1) is 16.4. The van der Waals surface area contributed by atoms with Crippen LogP contribution in [0.1, 0.15) is 48.9 Å². The molecule has 0 saturated heterocycles. The van der Waals surface area contributed by atoms with Crippen LogP contribution >= 0.6 is 0 Å². The molecular formula is C21H23NO2. The Hall–Kier alpha value is -2.42. The van der Waals surface area contributed by atoms with Crippen LogP contribution in [0.4, 0.5) is 0 Å². The Balaban J connectivity index is 1.76. The Bertz CT molecular complexity index is 739. The lowest BCUT2D eigenvalue weighted by Gasteiger charge is -2.22. The van der Waals surface area contributed by atoms with Crippen molar-refractivity contribution in [3.8, 4) is 0 Å². The molecule has 124 valence electrons. The van der Waals surface area contributed by atoms with Crippen LogP contribution in [0.5, 0.6) is 0 Å². The first-order valence-corrected chi connectivity index (χ1v) is 8.49. The summed E-state index contributed by atoms with van der Waals surface area (Å²) in [6, 6.07) is 18.0. The van der Waals surface area contributed by atoms with Crippen LogP contribution in [0.15, 0.2) is 54.6 Å². The fraction of sp³-hybridized carbons (Fsp3) is 0.333. The molecule has 2 aromatic rings. The van der Waals surface area contributed by atoms with Crippen LogP contribution < -0.4 is 5.32 Å². The molecule has 0 radical (unpaired) electrons. The largest absolute Gasteiger partial charge is 0.349 e. The minimum atomic E-state index is -0.118. The van der Waals surface area contributed by atoms with Crippen LogP contribution in [-0.4, -0.2) is 11.7 Å². The predicted octanol–water partition coefficient (Wildman–Crippen LogP) is 3.80. The summed E-state index contributed by atoms with van der Waals surface area (Å²) in [6.45, 7) is 3.50. The van der Waals surface area contributed by atoms with E-state index in [9.17, 15) is 9.59 Å². The summed E-state index contributed by atoms with van der Waals surface area (Å²) < 4.78 is 0. The van der Waals surface area contributed by atoms with E-state index < -0.39 is 0 Å². The highest BCUT2D eigenvalue weighted by Gasteiger charge is 2.34. The van der Waals surface area contributed by atoms with Gasteiger partial charge >= 0.3 is 0 Å². The second-order valence-corrected chi connectivity index (χ2v) is 6.64. The molecule has 0 saturated carbocycles. The fourth-order valence-electron chi connectivity index (χ4n) is 3.65. The number of carbonyl (C=O) groups excluding carboxylic acids is 2. The summed E-state index contributed by atoms with van der Waals surface area (Å²) in [5.41, 5.74) is 3.44. The molecular weight excluding hydrogens is 298 g/mol. The Morgan fingerprint density at radius 2 is 1.75 bits per heavy atom. The second kappa shape index (κ2) is 7.00. The van der Waals surface area contributed by atoms with E-state index in [4.69, 9.17) is 0 Å². The number of hydrogen-bond donors (Lipinski definition) is 1. The van der Waals surface area contributed by atoms with Gasteiger partial charge < -0.3 is 5.32 Å². The van der Waals surface area contributed by atoms with Crippen LogP contribution in [0.3, 0.4) is 0 Å². The van der Waals surface area contributed by atoms with E-state index in [1.165, 1.54) is 12.5 Å². The van der Waals surface area contributed by atoms with Crippen molar-refractivity contribution < 1.29 is 9.59 Å². The molecule has 1 N–H and O–H groups in total. The van der Waals surface area contributed by atoms with Crippen molar-refractivity contribution >= 4 is 11.7 Å². The molecule has 1 aliphatic rings. The van der Waals surface area contributed by atoms with Gasteiger partial charge in [0.25, 0.3) is 0 Å². The van der Waals surface area contributed by atoms with Gasteiger partial charge in [-0.2, -0.15) is 0 Å². The SMILES string of the molecule is CC(=O)N[C@H]1c2ccccc2C[C@@H]1CC(=O)[C@@H](C)c1ccccc1. The van der Waals surface area contributed by atoms with Gasteiger partial charge in [0.05, 0.1) is 6.04 Å².